The van der Waals surface area contributed by atoms with E-state index >= 15 is 0 Å². The van der Waals surface area contributed by atoms with E-state index in [-0.39, 0.29) is 5.01 Å². The Morgan fingerprint density at radius 1 is 1.24 bits per heavy atom. The first-order valence-corrected chi connectivity index (χ1v) is 6.51. The van der Waals surface area contributed by atoms with E-state index in [1.54, 1.807) is 0 Å². The van der Waals surface area contributed by atoms with Crippen LogP contribution in [0.3, 0.4) is 0 Å². The van der Waals surface area contributed by atoms with Gasteiger partial charge in [-0.1, -0.05) is 0 Å². The van der Waals surface area contributed by atoms with E-state index in [0.29, 0.717) is 0 Å². The van der Waals surface area contributed by atoms with E-state index in [0.717, 1.165) is 0 Å². The van der Waals surface area contributed by atoms with Crippen molar-refractivity contribution in [1.82, 2.24) is 5.01 Å². The molecule has 1 fully saturated rings. The minimum absolute atomic E-state index is 0.172. The quantitative estimate of drug-likeness (QED) is 0.0798. The van der Waals surface area contributed by atoms with Crippen LogP contribution < -0.4 is 23.0 Å². The molecule has 15 heteroatoms. The van der Waals surface area contributed by atoms with Crippen LogP contribution in [-0.2, 0) is 9.53 Å². The standard InChI is InChI=1S/C10H17N7O8/c11-3(7(12)17(23)24)4(15-10(13)22)8(21)16(14)9-6(20)5(19)2(1-18)25-9/h2,5-6,9,18-20H,1,11-12,14H2,(H2,13,22)/b7-3-,15-4-. The fourth-order valence-electron chi connectivity index (χ4n) is 1.90. The topological polar surface area (TPSA) is 267 Å². The van der Waals surface area contributed by atoms with Crippen LogP contribution in [0.4, 0.5) is 4.79 Å². The number of carbonyl (C=O) groups is 2. The first-order chi connectivity index (χ1) is 11.5. The Hall–Kier alpha value is -2.85. The number of amides is 3. The number of hydrogen-bond acceptors (Lipinski definition) is 11. The molecule has 1 rings (SSSR count). The molecule has 0 aromatic carbocycles. The molecule has 11 N–H and O–H groups in total. The third-order valence-electron chi connectivity index (χ3n) is 3.18. The van der Waals surface area contributed by atoms with Crippen molar-refractivity contribution in [2.75, 3.05) is 6.61 Å². The van der Waals surface area contributed by atoms with E-state index in [1.807, 2.05) is 0 Å². The zero-order valence-electron chi connectivity index (χ0n) is 12.6. The average molecular weight is 363 g/mol. The van der Waals surface area contributed by atoms with Crippen LogP contribution >= 0.6 is 0 Å². The summed E-state index contributed by atoms with van der Waals surface area (Å²) in [5.74, 6) is 2.84. The van der Waals surface area contributed by atoms with Crippen molar-refractivity contribution in [3.63, 3.8) is 0 Å². The second-order valence-electron chi connectivity index (χ2n) is 4.80. The number of hydrogen-bond donors (Lipinski definition) is 7. The van der Waals surface area contributed by atoms with Crippen LogP contribution in [0.25, 0.3) is 0 Å². The van der Waals surface area contributed by atoms with Gasteiger partial charge in [0, 0.05) is 0 Å². The molecule has 0 spiro atoms. The van der Waals surface area contributed by atoms with Crippen molar-refractivity contribution in [1.29, 1.82) is 0 Å². The number of aliphatic imine (C=N–C) groups is 1. The number of aliphatic hydroxyl groups excluding tert-OH is 3. The molecule has 3 amide bonds. The molecule has 1 heterocycles. The lowest BCUT2D eigenvalue weighted by Crippen LogP contribution is -2.54. The molecule has 140 valence electrons. The minimum Gasteiger partial charge on any atom is -0.394 e. The van der Waals surface area contributed by atoms with Crippen molar-refractivity contribution in [3.05, 3.63) is 21.6 Å². The van der Waals surface area contributed by atoms with Gasteiger partial charge < -0.3 is 41.6 Å². The first-order valence-electron chi connectivity index (χ1n) is 6.51. The van der Waals surface area contributed by atoms with E-state index in [4.69, 9.17) is 32.9 Å². The lowest BCUT2D eigenvalue weighted by molar-refractivity contribution is -0.427. The molecule has 0 bridgehead atoms. The Morgan fingerprint density at radius 2 is 1.80 bits per heavy atom. The predicted octanol–water partition coefficient (Wildman–Crippen LogP) is -4.99. The summed E-state index contributed by atoms with van der Waals surface area (Å²) in [6.07, 6.45) is -6.25. The summed E-state index contributed by atoms with van der Waals surface area (Å²) in [5, 5.41) is 39.3. The molecular weight excluding hydrogens is 346 g/mol. The van der Waals surface area contributed by atoms with Gasteiger partial charge in [0.05, 0.1) is 6.61 Å². The van der Waals surface area contributed by atoms with Crippen LogP contribution in [0.1, 0.15) is 0 Å². The number of rotatable bonds is 5. The highest BCUT2D eigenvalue weighted by Gasteiger charge is 2.47. The molecular formula is C10H17N7O8. The number of nitro groups is 1. The second-order valence-corrected chi connectivity index (χ2v) is 4.80. The summed E-state index contributed by atoms with van der Waals surface area (Å²) in [6, 6.07) is -1.43. The zero-order valence-corrected chi connectivity index (χ0v) is 12.6. The average Bonchev–Trinajstić information content (AvgIpc) is 2.84. The highest BCUT2D eigenvalue weighted by molar-refractivity contribution is 6.46. The number of nitrogens with two attached hydrogens (primary N) is 4. The summed E-state index contributed by atoms with van der Waals surface area (Å²) < 4.78 is 5.00. The summed E-state index contributed by atoms with van der Waals surface area (Å²) in [6.45, 7) is -0.699. The lowest BCUT2D eigenvalue weighted by Gasteiger charge is -2.26. The van der Waals surface area contributed by atoms with Gasteiger partial charge in [0.15, 0.2) is 17.6 Å². The molecule has 4 unspecified atom stereocenters. The van der Waals surface area contributed by atoms with E-state index < -0.39 is 65.2 Å². The monoisotopic (exact) mass is 363 g/mol. The number of urea groups is 1. The number of hydrazine groups is 1. The molecule has 4 atom stereocenters. The summed E-state index contributed by atoms with van der Waals surface area (Å²) >= 11 is 0. The van der Waals surface area contributed by atoms with Gasteiger partial charge in [0.25, 0.3) is 5.91 Å². The Morgan fingerprint density at radius 3 is 2.20 bits per heavy atom. The van der Waals surface area contributed by atoms with Crippen molar-refractivity contribution in [2.24, 2.45) is 28.0 Å². The largest absolute Gasteiger partial charge is 0.394 e. The molecule has 0 radical (unpaired) electrons. The molecule has 1 aliphatic heterocycles. The summed E-state index contributed by atoms with van der Waals surface area (Å²) in [5.41, 5.74) is 13.2. The fourth-order valence-corrected chi connectivity index (χ4v) is 1.90. The molecule has 0 aliphatic carbocycles. The Bertz CT molecular complexity index is 635. The first kappa shape index (κ1) is 20.2. The normalized spacial score (nSPS) is 27.6. The van der Waals surface area contributed by atoms with E-state index in [2.05, 4.69) is 4.99 Å². The van der Waals surface area contributed by atoms with Crippen LogP contribution in [0, 0.1) is 10.1 Å². The van der Waals surface area contributed by atoms with Crippen molar-refractivity contribution < 1.29 is 34.6 Å². The van der Waals surface area contributed by atoms with E-state index in [9.17, 15) is 29.9 Å². The van der Waals surface area contributed by atoms with Gasteiger partial charge in [0.2, 0.25) is 0 Å². The molecule has 25 heavy (non-hydrogen) atoms. The maximum atomic E-state index is 12.3. The smallest absolute Gasteiger partial charge is 0.339 e. The van der Waals surface area contributed by atoms with E-state index in [1.165, 1.54) is 0 Å². The maximum Gasteiger partial charge on any atom is 0.339 e. The van der Waals surface area contributed by atoms with Crippen LogP contribution in [0.15, 0.2) is 16.5 Å². The van der Waals surface area contributed by atoms with Crippen molar-refractivity contribution >= 4 is 17.6 Å². The van der Waals surface area contributed by atoms with Gasteiger partial charge >= 0.3 is 11.9 Å². The van der Waals surface area contributed by atoms with Gasteiger partial charge in [-0.05, 0) is 4.92 Å². The molecule has 0 aromatic heterocycles. The van der Waals surface area contributed by atoms with Gasteiger partial charge in [-0.2, -0.15) is 4.99 Å². The van der Waals surface area contributed by atoms with Gasteiger partial charge in [0.1, 0.15) is 18.3 Å². The van der Waals surface area contributed by atoms with Gasteiger partial charge in [-0.15, -0.1) is 0 Å². The van der Waals surface area contributed by atoms with Crippen molar-refractivity contribution in [2.45, 2.75) is 24.5 Å². The summed E-state index contributed by atoms with van der Waals surface area (Å²) in [7, 11) is 0. The number of primary amides is 1. The molecule has 1 saturated heterocycles. The zero-order chi connectivity index (χ0) is 19.5. The molecule has 1 aliphatic rings. The lowest BCUT2D eigenvalue weighted by atomic mass is 10.1. The third-order valence-corrected chi connectivity index (χ3v) is 3.18. The number of nitrogens with zero attached hydrogens (tertiary/aromatic N) is 3. The highest BCUT2D eigenvalue weighted by atomic mass is 16.6. The number of ether oxygens (including phenoxy) is 1. The molecule has 0 saturated carbocycles. The Kier molecular flexibility index (Phi) is 6.31. The predicted molar refractivity (Wildman–Crippen MR) is 78.2 cm³/mol. The highest BCUT2D eigenvalue weighted by Crippen LogP contribution is 2.22. The maximum absolute atomic E-state index is 12.3. The van der Waals surface area contributed by atoms with Crippen molar-refractivity contribution in [3.8, 4) is 0 Å². The SMILES string of the molecule is NC(=O)/N=C(C(=O)N(N)C1OC(CO)C(O)C1O)/C(N)=C(\N)[N+](=O)[O-]. The van der Waals surface area contributed by atoms with Crippen LogP contribution in [0.2, 0.25) is 0 Å². The van der Waals surface area contributed by atoms with Crippen LogP contribution in [0.5, 0.6) is 0 Å². The molecule has 0 aromatic rings. The van der Waals surface area contributed by atoms with Gasteiger partial charge in [-0.3, -0.25) is 10.5 Å². The Balaban J connectivity index is 3.21. The minimum atomic E-state index is -1.74. The number of carbonyl (C=O) groups excluding carboxylic acids is 2. The molecule has 15 nitrogen and oxygen atoms in total. The van der Waals surface area contributed by atoms with Gasteiger partial charge in [-0.25, -0.2) is 15.6 Å². The van der Waals surface area contributed by atoms with Crippen LogP contribution in [-0.4, -0.2) is 74.0 Å². The second kappa shape index (κ2) is 7.81. The Labute approximate surface area is 139 Å². The number of aliphatic hydroxyl groups is 3. The fraction of sp³-hybridized carbons (Fsp3) is 0.500. The third kappa shape index (κ3) is 4.17. The summed E-state index contributed by atoms with van der Waals surface area (Å²) in [4.78, 5) is 35.8.